The van der Waals surface area contributed by atoms with Gasteiger partial charge in [-0.25, -0.2) is 4.98 Å². The van der Waals surface area contributed by atoms with Gasteiger partial charge in [-0.05, 0) is 18.2 Å². The second-order valence-corrected chi connectivity index (χ2v) is 5.38. The van der Waals surface area contributed by atoms with Gasteiger partial charge in [0.15, 0.2) is 17.6 Å². The van der Waals surface area contributed by atoms with Gasteiger partial charge >= 0.3 is 0 Å². The summed E-state index contributed by atoms with van der Waals surface area (Å²) >= 11 is 0. The Morgan fingerprint density at radius 3 is 2.84 bits per heavy atom. The third-order valence-electron chi connectivity index (χ3n) is 3.79. The molecular formula is C18H14N4O3. The second-order valence-electron chi connectivity index (χ2n) is 5.38. The monoisotopic (exact) mass is 334 g/mol. The number of oxazole rings is 1. The van der Waals surface area contributed by atoms with Crippen LogP contribution in [0, 0.1) is 0 Å². The van der Waals surface area contributed by atoms with Crippen LogP contribution in [-0.4, -0.2) is 22.1 Å². The van der Waals surface area contributed by atoms with Crippen LogP contribution in [0.1, 0.15) is 0 Å². The first kappa shape index (κ1) is 14.9. The summed E-state index contributed by atoms with van der Waals surface area (Å²) < 4.78 is 10.8. The predicted octanol–water partition coefficient (Wildman–Crippen LogP) is 3.33. The fraction of sp³-hybridized carbons (Fsp3) is 0.0556. The van der Waals surface area contributed by atoms with Crippen molar-refractivity contribution in [1.82, 2.24) is 15.0 Å². The average molecular weight is 334 g/mol. The summed E-state index contributed by atoms with van der Waals surface area (Å²) in [5.74, 6) is 1.69. The number of nitrogens with one attached hydrogen (secondary N) is 2. The van der Waals surface area contributed by atoms with Crippen molar-refractivity contribution in [1.29, 1.82) is 0 Å². The van der Waals surface area contributed by atoms with Gasteiger partial charge in [-0.2, -0.15) is 0 Å². The zero-order chi connectivity index (χ0) is 17.2. The van der Waals surface area contributed by atoms with Crippen LogP contribution in [0.4, 0.5) is 11.5 Å². The van der Waals surface area contributed by atoms with Gasteiger partial charge in [0, 0.05) is 23.7 Å². The van der Waals surface area contributed by atoms with Crippen LogP contribution in [0.3, 0.4) is 0 Å². The third-order valence-corrected chi connectivity index (χ3v) is 3.79. The number of benzene rings is 1. The first-order valence-corrected chi connectivity index (χ1v) is 7.55. The Bertz CT molecular complexity index is 1070. The van der Waals surface area contributed by atoms with Gasteiger partial charge in [-0.1, -0.05) is 0 Å². The van der Waals surface area contributed by atoms with E-state index in [0.717, 1.165) is 5.69 Å². The standard InChI is InChI=1S/C18H14N4O3/c1-24-16-6-14-12(5-13(16)17-9-20-10-25-17)15(23)7-18(22-14)21-11-3-2-4-19-8-11/h2-10H,1H3,(H2,21,22,23). The molecular weight excluding hydrogens is 320 g/mol. The number of fused-ring (bicyclic) bond motifs is 1. The van der Waals surface area contributed by atoms with E-state index in [9.17, 15) is 4.79 Å². The second kappa shape index (κ2) is 6.12. The van der Waals surface area contributed by atoms with E-state index >= 15 is 0 Å². The van der Waals surface area contributed by atoms with Crippen LogP contribution < -0.4 is 15.5 Å². The molecule has 0 bridgehead atoms. The largest absolute Gasteiger partial charge is 0.496 e. The summed E-state index contributed by atoms with van der Waals surface area (Å²) in [6.07, 6.45) is 6.28. The molecule has 124 valence electrons. The van der Waals surface area contributed by atoms with Crippen LogP contribution in [0.5, 0.6) is 5.75 Å². The Morgan fingerprint density at radius 1 is 1.20 bits per heavy atom. The number of aromatic nitrogens is 3. The van der Waals surface area contributed by atoms with Crippen molar-refractivity contribution in [2.75, 3.05) is 12.4 Å². The van der Waals surface area contributed by atoms with Gasteiger partial charge in [-0.15, -0.1) is 0 Å². The Hall–Kier alpha value is -3.61. The minimum atomic E-state index is -0.122. The van der Waals surface area contributed by atoms with Crippen molar-refractivity contribution in [3.63, 3.8) is 0 Å². The lowest BCUT2D eigenvalue weighted by molar-refractivity contribution is 0.415. The van der Waals surface area contributed by atoms with Gasteiger partial charge in [0.1, 0.15) is 11.6 Å². The lowest BCUT2D eigenvalue weighted by Gasteiger charge is -2.11. The molecule has 4 rings (SSSR count). The summed E-state index contributed by atoms with van der Waals surface area (Å²) in [5, 5.41) is 3.66. The molecule has 0 aliphatic heterocycles. The third kappa shape index (κ3) is 2.83. The van der Waals surface area contributed by atoms with E-state index in [1.807, 2.05) is 12.1 Å². The highest BCUT2D eigenvalue weighted by Gasteiger charge is 2.13. The number of nitrogens with zero attached hydrogens (tertiary/aromatic N) is 2. The topological polar surface area (TPSA) is 93.0 Å². The smallest absolute Gasteiger partial charge is 0.191 e. The van der Waals surface area contributed by atoms with Crippen molar-refractivity contribution in [3.8, 4) is 17.1 Å². The first-order valence-electron chi connectivity index (χ1n) is 7.55. The Balaban J connectivity index is 1.84. The summed E-state index contributed by atoms with van der Waals surface area (Å²) in [5.41, 5.74) is 1.98. The van der Waals surface area contributed by atoms with Crippen molar-refractivity contribution < 1.29 is 9.15 Å². The number of rotatable bonds is 4. The van der Waals surface area contributed by atoms with Crippen molar-refractivity contribution in [3.05, 3.63) is 65.5 Å². The number of anilines is 2. The molecule has 0 aliphatic carbocycles. The number of aromatic amines is 1. The van der Waals surface area contributed by atoms with Crippen LogP contribution in [-0.2, 0) is 0 Å². The Morgan fingerprint density at radius 2 is 2.12 bits per heavy atom. The minimum absolute atomic E-state index is 0.122. The van der Waals surface area contributed by atoms with Crippen molar-refractivity contribution in [2.24, 2.45) is 0 Å². The molecule has 2 N–H and O–H groups in total. The molecule has 0 radical (unpaired) electrons. The molecule has 7 nitrogen and oxygen atoms in total. The molecule has 3 aromatic heterocycles. The summed E-state index contributed by atoms with van der Waals surface area (Å²) in [6, 6.07) is 8.69. The molecule has 0 unspecified atom stereocenters. The lowest BCUT2D eigenvalue weighted by atomic mass is 10.1. The summed E-state index contributed by atoms with van der Waals surface area (Å²) in [6.45, 7) is 0. The maximum Gasteiger partial charge on any atom is 0.191 e. The molecule has 3 heterocycles. The number of ether oxygens (including phenoxy) is 1. The van der Waals surface area contributed by atoms with Crippen LogP contribution >= 0.6 is 0 Å². The molecule has 25 heavy (non-hydrogen) atoms. The number of pyridine rings is 2. The zero-order valence-corrected chi connectivity index (χ0v) is 13.3. The fourth-order valence-corrected chi connectivity index (χ4v) is 2.65. The molecule has 0 saturated heterocycles. The lowest BCUT2D eigenvalue weighted by Crippen LogP contribution is -2.06. The molecule has 0 saturated carbocycles. The highest BCUT2D eigenvalue weighted by atomic mass is 16.5. The summed E-state index contributed by atoms with van der Waals surface area (Å²) in [4.78, 5) is 23.7. The van der Waals surface area contributed by atoms with E-state index in [0.29, 0.717) is 33.8 Å². The van der Waals surface area contributed by atoms with E-state index in [1.165, 1.54) is 12.5 Å². The number of methoxy groups -OCH3 is 1. The normalized spacial score (nSPS) is 10.8. The van der Waals surface area contributed by atoms with E-state index < -0.39 is 0 Å². The zero-order valence-electron chi connectivity index (χ0n) is 13.3. The van der Waals surface area contributed by atoms with Crippen LogP contribution in [0.15, 0.2) is 64.5 Å². The maximum atomic E-state index is 12.5. The maximum absolute atomic E-state index is 12.5. The number of hydrogen-bond donors (Lipinski definition) is 2. The van der Waals surface area contributed by atoms with Gasteiger partial charge in [0.2, 0.25) is 0 Å². The molecule has 0 amide bonds. The molecule has 0 fully saturated rings. The first-order chi connectivity index (χ1) is 12.2. The highest BCUT2D eigenvalue weighted by molar-refractivity contribution is 5.88. The Labute approximate surface area is 142 Å². The Kier molecular flexibility index (Phi) is 3.66. The number of H-pyrrole nitrogens is 1. The van der Waals surface area contributed by atoms with Crippen LogP contribution in [0.25, 0.3) is 22.2 Å². The quantitative estimate of drug-likeness (QED) is 0.594. The fourth-order valence-electron chi connectivity index (χ4n) is 2.65. The average Bonchev–Trinajstić information content (AvgIpc) is 3.16. The van der Waals surface area contributed by atoms with E-state index in [-0.39, 0.29) is 5.43 Å². The van der Waals surface area contributed by atoms with E-state index in [2.05, 4.69) is 20.3 Å². The predicted molar refractivity (Wildman–Crippen MR) is 94.1 cm³/mol. The van der Waals surface area contributed by atoms with E-state index in [1.54, 1.807) is 37.8 Å². The van der Waals surface area contributed by atoms with Crippen molar-refractivity contribution in [2.45, 2.75) is 0 Å². The molecule has 4 aromatic rings. The molecule has 7 heteroatoms. The van der Waals surface area contributed by atoms with E-state index in [4.69, 9.17) is 9.15 Å². The SMILES string of the molecule is COc1cc2[nH]c(Nc3cccnc3)cc(=O)c2cc1-c1cnco1. The molecule has 0 atom stereocenters. The molecule has 0 spiro atoms. The van der Waals surface area contributed by atoms with Crippen molar-refractivity contribution >= 4 is 22.4 Å². The summed E-state index contributed by atoms with van der Waals surface area (Å²) in [7, 11) is 1.57. The minimum Gasteiger partial charge on any atom is -0.496 e. The molecule has 0 aliphatic rings. The van der Waals surface area contributed by atoms with Crippen LogP contribution in [0.2, 0.25) is 0 Å². The van der Waals surface area contributed by atoms with Gasteiger partial charge in [-0.3, -0.25) is 9.78 Å². The highest BCUT2D eigenvalue weighted by Crippen LogP contribution is 2.33. The van der Waals surface area contributed by atoms with Gasteiger partial charge < -0.3 is 19.5 Å². The molecule has 1 aromatic carbocycles. The van der Waals surface area contributed by atoms with Gasteiger partial charge in [0.25, 0.3) is 0 Å². The number of hydrogen-bond acceptors (Lipinski definition) is 6. The van der Waals surface area contributed by atoms with Gasteiger partial charge in [0.05, 0.1) is 36.3 Å².